The molecule has 1 heterocycles. The van der Waals surface area contributed by atoms with Crippen LogP contribution in [0.4, 0.5) is 0 Å². The number of fused-ring (bicyclic) bond motifs is 1. The lowest BCUT2D eigenvalue weighted by molar-refractivity contribution is 0.259. The summed E-state index contributed by atoms with van der Waals surface area (Å²) < 4.78 is 11.1. The van der Waals surface area contributed by atoms with E-state index >= 15 is 0 Å². The smallest absolute Gasteiger partial charge is 0.161 e. The summed E-state index contributed by atoms with van der Waals surface area (Å²) in [4.78, 5) is 0. The lowest BCUT2D eigenvalue weighted by Gasteiger charge is -2.09. The molecule has 0 atom stereocenters. The van der Waals surface area contributed by atoms with Gasteiger partial charge in [0.25, 0.3) is 0 Å². The summed E-state index contributed by atoms with van der Waals surface area (Å²) in [5.74, 6) is 1.60. The molecule has 15 heavy (non-hydrogen) atoms. The molecular formula is C11H15NO3. The fourth-order valence-corrected chi connectivity index (χ4v) is 1.52. The molecule has 0 saturated carbocycles. The Kier molecular flexibility index (Phi) is 3.42. The maximum atomic E-state index is 8.64. The molecule has 0 bridgehead atoms. The Labute approximate surface area is 88.8 Å². The van der Waals surface area contributed by atoms with Crippen molar-refractivity contribution in [3.63, 3.8) is 0 Å². The average molecular weight is 209 g/mol. The van der Waals surface area contributed by atoms with Crippen molar-refractivity contribution < 1.29 is 14.6 Å². The monoisotopic (exact) mass is 209 g/mol. The van der Waals surface area contributed by atoms with Crippen LogP contribution in [0.5, 0.6) is 11.5 Å². The number of aliphatic hydroxyl groups excluding tert-OH is 1. The van der Waals surface area contributed by atoms with Crippen LogP contribution < -0.4 is 14.8 Å². The van der Waals surface area contributed by atoms with Crippen molar-refractivity contribution in [2.75, 3.05) is 19.9 Å². The van der Waals surface area contributed by atoms with E-state index in [0.29, 0.717) is 19.8 Å². The van der Waals surface area contributed by atoms with E-state index in [2.05, 4.69) is 5.32 Å². The minimum absolute atomic E-state index is 0.0194. The second kappa shape index (κ2) is 5.00. The van der Waals surface area contributed by atoms with Crippen molar-refractivity contribution in [1.29, 1.82) is 0 Å². The van der Waals surface area contributed by atoms with Crippen molar-refractivity contribution >= 4 is 0 Å². The molecule has 4 nitrogen and oxygen atoms in total. The molecule has 0 saturated heterocycles. The Morgan fingerprint density at radius 3 is 2.80 bits per heavy atom. The Hall–Kier alpha value is -1.26. The van der Waals surface area contributed by atoms with Gasteiger partial charge in [0, 0.05) is 13.0 Å². The molecule has 1 aliphatic rings. The molecule has 1 aromatic rings. The molecule has 1 aromatic carbocycles. The van der Waals surface area contributed by atoms with Crippen LogP contribution >= 0.6 is 0 Å². The van der Waals surface area contributed by atoms with Gasteiger partial charge in [0.1, 0.15) is 0 Å². The highest BCUT2D eigenvalue weighted by Crippen LogP contribution is 2.30. The second-order valence-corrected chi connectivity index (χ2v) is 3.42. The summed E-state index contributed by atoms with van der Waals surface area (Å²) in [6.45, 7) is 2.02. The summed E-state index contributed by atoms with van der Waals surface area (Å²) in [6.07, 6.45) is 0.916. The van der Waals surface area contributed by atoms with E-state index in [1.54, 1.807) is 0 Å². The van der Waals surface area contributed by atoms with E-state index in [0.717, 1.165) is 23.5 Å². The quantitative estimate of drug-likeness (QED) is 0.726. The van der Waals surface area contributed by atoms with Crippen LogP contribution in [0.3, 0.4) is 0 Å². The van der Waals surface area contributed by atoms with Gasteiger partial charge >= 0.3 is 0 Å². The first-order chi connectivity index (χ1) is 7.40. The molecular weight excluding hydrogens is 194 g/mol. The highest BCUT2D eigenvalue weighted by atomic mass is 16.5. The van der Waals surface area contributed by atoms with Gasteiger partial charge < -0.3 is 14.6 Å². The van der Waals surface area contributed by atoms with Crippen molar-refractivity contribution in [3.05, 3.63) is 23.8 Å². The van der Waals surface area contributed by atoms with Gasteiger partial charge in [-0.25, -0.2) is 0 Å². The lowest BCUT2D eigenvalue weighted by atomic mass is 10.2. The van der Waals surface area contributed by atoms with Gasteiger partial charge in [-0.05, 0) is 17.7 Å². The first kappa shape index (κ1) is 10.3. The fraction of sp³-hybridized carbons (Fsp3) is 0.455. The van der Waals surface area contributed by atoms with Crippen molar-refractivity contribution in [1.82, 2.24) is 5.32 Å². The molecule has 0 aliphatic carbocycles. The van der Waals surface area contributed by atoms with Gasteiger partial charge in [-0.2, -0.15) is 0 Å². The summed E-state index contributed by atoms with van der Waals surface area (Å²) in [5.41, 5.74) is 1.08. The van der Waals surface area contributed by atoms with Crippen LogP contribution in [0.1, 0.15) is 12.0 Å². The maximum absolute atomic E-state index is 8.64. The topological polar surface area (TPSA) is 50.7 Å². The van der Waals surface area contributed by atoms with Crippen LogP contribution in [0, 0.1) is 0 Å². The zero-order chi connectivity index (χ0) is 10.5. The number of aliphatic hydroxyl groups is 1. The van der Waals surface area contributed by atoms with Gasteiger partial charge in [-0.3, -0.25) is 5.32 Å². The molecule has 82 valence electrons. The van der Waals surface area contributed by atoms with E-state index in [9.17, 15) is 0 Å². The number of ether oxygens (including phenoxy) is 2. The molecule has 4 heteroatoms. The second-order valence-electron chi connectivity index (χ2n) is 3.42. The normalized spacial score (nSPS) is 14.7. The van der Waals surface area contributed by atoms with Gasteiger partial charge in [0.05, 0.1) is 19.9 Å². The third kappa shape index (κ3) is 2.61. The van der Waals surface area contributed by atoms with E-state index in [-0.39, 0.29) is 6.73 Å². The molecule has 0 unspecified atom stereocenters. The molecule has 0 spiro atoms. The minimum Gasteiger partial charge on any atom is -0.490 e. The molecule has 0 amide bonds. The summed E-state index contributed by atoms with van der Waals surface area (Å²) in [7, 11) is 0. The predicted octanol–water partition coefficient (Wildman–Crippen LogP) is 0.887. The van der Waals surface area contributed by atoms with E-state index in [1.165, 1.54) is 0 Å². The van der Waals surface area contributed by atoms with Crippen LogP contribution in [0.2, 0.25) is 0 Å². The van der Waals surface area contributed by atoms with E-state index < -0.39 is 0 Å². The Morgan fingerprint density at radius 2 is 2.00 bits per heavy atom. The first-order valence-corrected chi connectivity index (χ1v) is 5.10. The third-order valence-corrected chi connectivity index (χ3v) is 2.25. The van der Waals surface area contributed by atoms with E-state index in [1.807, 2.05) is 18.2 Å². The van der Waals surface area contributed by atoms with Gasteiger partial charge in [-0.15, -0.1) is 0 Å². The van der Waals surface area contributed by atoms with Gasteiger partial charge in [-0.1, -0.05) is 6.07 Å². The minimum atomic E-state index is -0.0194. The van der Waals surface area contributed by atoms with Crippen molar-refractivity contribution in [2.45, 2.75) is 13.0 Å². The fourth-order valence-electron chi connectivity index (χ4n) is 1.52. The lowest BCUT2D eigenvalue weighted by Crippen LogP contribution is -2.13. The summed E-state index contributed by atoms with van der Waals surface area (Å²) in [5, 5.41) is 11.5. The van der Waals surface area contributed by atoms with Gasteiger partial charge in [0.15, 0.2) is 11.5 Å². The van der Waals surface area contributed by atoms with Gasteiger partial charge in [0.2, 0.25) is 0 Å². The predicted molar refractivity (Wildman–Crippen MR) is 56.0 cm³/mol. The van der Waals surface area contributed by atoms with Crippen LogP contribution in [-0.2, 0) is 6.54 Å². The Morgan fingerprint density at radius 1 is 1.20 bits per heavy atom. The summed E-state index contributed by atoms with van der Waals surface area (Å²) >= 11 is 0. The maximum Gasteiger partial charge on any atom is 0.161 e. The highest BCUT2D eigenvalue weighted by molar-refractivity contribution is 5.43. The molecule has 0 fully saturated rings. The number of hydrogen-bond acceptors (Lipinski definition) is 4. The van der Waals surface area contributed by atoms with E-state index in [4.69, 9.17) is 14.6 Å². The summed E-state index contributed by atoms with van der Waals surface area (Å²) in [6, 6.07) is 5.83. The zero-order valence-electron chi connectivity index (χ0n) is 8.53. The largest absolute Gasteiger partial charge is 0.490 e. The number of rotatable bonds is 3. The van der Waals surface area contributed by atoms with Crippen molar-refractivity contribution in [2.24, 2.45) is 0 Å². The van der Waals surface area contributed by atoms with Crippen molar-refractivity contribution in [3.8, 4) is 11.5 Å². The molecule has 0 radical (unpaired) electrons. The van der Waals surface area contributed by atoms with Crippen LogP contribution in [0.25, 0.3) is 0 Å². The Balaban J connectivity index is 2.13. The SMILES string of the molecule is OCNCc1ccc2c(c1)OCCCO2. The number of benzene rings is 1. The van der Waals surface area contributed by atoms with Crippen LogP contribution in [0.15, 0.2) is 18.2 Å². The zero-order valence-corrected chi connectivity index (χ0v) is 8.53. The molecule has 2 N–H and O–H groups in total. The highest BCUT2D eigenvalue weighted by Gasteiger charge is 2.09. The number of hydrogen-bond donors (Lipinski definition) is 2. The average Bonchev–Trinajstić information content (AvgIpc) is 2.50. The standard InChI is InChI=1S/C11H15NO3/c13-8-12-7-9-2-3-10-11(6-9)15-5-1-4-14-10/h2-3,6,12-13H,1,4-5,7-8H2. The molecule has 2 rings (SSSR count). The number of nitrogens with one attached hydrogen (secondary N) is 1. The molecule has 1 aliphatic heterocycles. The van der Waals surface area contributed by atoms with Crippen LogP contribution in [-0.4, -0.2) is 25.1 Å². The third-order valence-electron chi connectivity index (χ3n) is 2.25. The first-order valence-electron chi connectivity index (χ1n) is 5.10. The molecule has 0 aromatic heterocycles. The Bertz CT molecular complexity index is 328.